The number of carbonyl (C=O) groups excluding carboxylic acids is 1. The van der Waals surface area contributed by atoms with E-state index in [9.17, 15) is 34.4 Å². The Hall–Kier alpha value is -5.40. The van der Waals surface area contributed by atoms with E-state index >= 15 is 0 Å². The average Bonchev–Trinajstić information content (AvgIpc) is 3.07. The highest BCUT2D eigenvalue weighted by atomic mass is 32.2. The first-order chi connectivity index (χ1) is 23.0. The molecule has 0 aromatic heterocycles. The molecule has 5 aromatic carbocycles. The number of sulfonamides is 1. The Kier molecular flexibility index (Phi) is 9.44. The molecule has 250 valence electrons. The van der Waals surface area contributed by atoms with Crippen molar-refractivity contribution in [3.05, 3.63) is 143 Å². The van der Waals surface area contributed by atoms with Crippen molar-refractivity contribution in [2.24, 2.45) is 0 Å². The summed E-state index contributed by atoms with van der Waals surface area (Å²) >= 11 is 0. The van der Waals surface area contributed by atoms with Gasteiger partial charge in [0.25, 0.3) is 20.1 Å². The van der Waals surface area contributed by atoms with Crippen LogP contribution in [-0.4, -0.2) is 46.9 Å². The Labute approximate surface area is 282 Å². The van der Waals surface area contributed by atoms with Gasteiger partial charge in [-0.15, -0.1) is 0 Å². The van der Waals surface area contributed by atoms with Gasteiger partial charge in [0, 0.05) is 18.2 Å². The molecule has 5 aromatic rings. The molecule has 0 bridgehead atoms. The topological polar surface area (TPSA) is 176 Å². The van der Waals surface area contributed by atoms with Crippen LogP contribution in [0.25, 0.3) is 16.5 Å². The van der Waals surface area contributed by atoms with Crippen LogP contribution in [0.1, 0.15) is 27.0 Å². The zero-order chi connectivity index (χ0) is 35.7. The lowest BCUT2D eigenvalue weighted by Crippen LogP contribution is -2.36. The molecule has 1 N–H and O–H groups in total. The third-order valence-electron chi connectivity index (χ3n) is 7.37. The van der Waals surface area contributed by atoms with Crippen LogP contribution in [0.4, 0.5) is 4.39 Å². The lowest BCUT2D eigenvalue weighted by atomic mass is 10.0. The first-order valence-corrected chi connectivity index (χ1v) is 18.4. The van der Waals surface area contributed by atoms with E-state index in [0.29, 0.717) is 9.87 Å². The van der Waals surface area contributed by atoms with Gasteiger partial charge in [-0.2, -0.15) is 22.1 Å². The molecule has 0 aliphatic carbocycles. The van der Waals surface area contributed by atoms with Crippen LogP contribution in [0.2, 0.25) is 0 Å². The van der Waals surface area contributed by atoms with Crippen molar-refractivity contribution in [1.82, 2.24) is 4.31 Å². The minimum Gasteiger partial charge on any atom is -0.376 e. The molecule has 0 saturated carbocycles. The van der Waals surface area contributed by atoms with Crippen LogP contribution < -0.4 is 0 Å². The number of benzene rings is 5. The van der Waals surface area contributed by atoms with Crippen molar-refractivity contribution >= 4 is 52.6 Å². The molecular weight excluding hydrogens is 696 g/mol. The van der Waals surface area contributed by atoms with Crippen LogP contribution in [0.3, 0.4) is 0 Å². The highest BCUT2D eigenvalue weighted by molar-refractivity contribution is 7.89. The number of likely N-dealkylation sites (N-methyl/N-ethyl adjacent to an activating group) is 1. The van der Waals surface area contributed by atoms with Gasteiger partial charge in [0.15, 0.2) is 5.76 Å². The lowest BCUT2D eigenvalue weighted by molar-refractivity contribution is 0.101. The Bertz CT molecular complexity index is 2530. The fourth-order valence-electron chi connectivity index (χ4n) is 4.80. The van der Waals surface area contributed by atoms with E-state index in [-0.39, 0.29) is 20.9 Å². The number of aryl methyl sites for hydroxylation is 1. The maximum atomic E-state index is 14.1. The third kappa shape index (κ3) is 7.22. The maximum absolute atomic E-state index is 14.1. The molecule has 1 aliphatic rings. The molecule has 1 aliphatic heterocycles. The maximum Gasteiger partial charge on any atom is 0.339 e. The summed E-state index contributed by atoms with van der Waals surface area (Å²) in [6.07, 6.45) is 0. The average molecular weight is 721 g/mol. The second-order valence-corrected chi connectivity index (χ2v) is 15.5. The molecular formula is C34H25FN2O9S3. The predicted molar refractivity (Wildman–Crippen MR) is 177 cm³/mol. The number of ketones is 1. The predicted octanol–water partition coefficient (Wildman–Crippen LogP) is 5.68. The molecule has 1 heterocycles. The van der Waals surface area contributed by atoms with Gasteiger partial charge in [-0.1, -0.05) is 54.1 Å². The van der Waals surface area contributed by atoms with Crippen molar-refractivity contribution in [3.63, 3.8) is 0 Å². The minimum atomic E-state index is -4.50. The van der Waals surface area contributed by atoms with Gasteiger partial charge in [0.2, 0.25) is 5.78 Å². The molecule has 0 spiro atoms. The Morgan fingerprint density at radius 2 is 1.45 bits per heavy atom. The summed E-state index contributed by atoms with van der Waals surface area (Å²) in [5.74, 6) is -2.13. The van der Waals surface area contributed by atoms with Gasteiger partial charge in [0.05, 0.1) is 16.5 Å². The number of hydrogen-bond donors (Lipinski definition) is 1. The minimum absolute atomic E-state index is 0.121. The van der Waals surface area contributed by atoms with Crippen LogP contribution >= 0.6 is 0 Å². The van der Waals surface area contributed by atoms with E-state index < -0.39 is 58.2 Å². The van der Waals surface area contributed by atoms with E-state index in [0.717, 1.165) is 41.6 Å². The van der Waals surface area contributed by atoms with Crippen LogP contribution in [-0.2, 0) is 34.4 Å². The number of halogens is 1. The van der Waals surface area contributed by atoms with Gasteiger partial charge >= 0.3 is 10.1 Å². The highest BCUT2D eigenvalue weighted by Gasteiger charge is 2.41. The molecule has 15 heteroatoms. The van der Waals surface area contributed by atoms with Crippen molar-refractivity contribution in [3.8, 4) is 6.07 Å². The summed E-state index contributed by atoms with van der Waals surface area (Å²) < 4.78 is 103. The monoisotopic (exact) mass is 720 g/mol. The molecule has 49 heavy (non-hydrogen) atoms. The smallest absolute Gasteiger partial charge is 0.339 e. The van der Waals surface area contributed by atoms with Crippen molar-refractivity contribution in [1.29, 1.82) is 5.26 Å². The summed E-state index contributed by atoms with van der Waals surface area (Å²) in [5.41, 5.74) is 0.539. The molecule has 0 atom stereocenters. The Morgan fingerprint density at radius 1 is 0.837 bits per heavy atom. The first kappa shape index (κ1) is 34.9. The molecule has 0 fully saturated rings. The SMILES string of the molecule is Cc1ccc(S(=O)(=O)OC2=C(C(=O)c3ccc4ccccc4c3)N(C)S(=O)(=O)c3cc(F)ccc32)cc1.N#Cc1ccc(S(=O)(=O)O)cc1. The highest BCUT2D eigenvalue weighted by Crippen LogP contribution is 2.40. The number of Topliss-reactive ketones (excluding diaryl/α,β-unsaturated/α-hetero) is 1. The number of allylic oxidation sites excluding steroid dienone is 1. The summed E-state index contributed by atoms with van der Waals surface area (Å²) in [5, 5.41) is 9.96. The zero-order valence-electron chi connectivity index (χ0n) is 25.6. The number of carbonyl (C=O) groups is 1. The van der Waals surface area contributed by atoms with Crippen LogP contribution in [0.15, 0.2) is 130 Å². The first-order valence-electron chi connectivity index (χ1n) is 14.1. The van der Waals surface area contributed by atoms with E-state index in [4.69, 9.17) is 14.0 Å². The molecule has 6 rings (SSSR count). The second-order valence-electron chi connectivity index (χ2n) is 10.6. The number of nitriles is 1. The summed E-state index contributed by atoms with van der Waals surface area (Å²) in [6, 6.07) is 27.6. The Morgan fingerprint density at radius 3 is 2.06 bits per heavy atom. The van der Waals surface area contributed by atoms with Gasteiger partial charge < -0.3 is 4.18 Å². The van der Waals surface area contributed by atoms with Gasteiger partial charge in [0.1, 0.15) is 21.3 Å². The van der Waals surface area contributed by atoms with Crippen LogP contribution in [0.5, 0.6) is 0 Å². The van der Waals surface area contributed by atoms with Gasteiger partial charge in [-0.25, -0.2) is 12.8 Å². The van der Waals surface area contributed by atoms with Crippen molar-refractivity contribution in [2.45, 2.75) is 21.6 Å². The third-order valence-corrected chi connectivity index (χ3v) is 11.3. The molecule has 11 nitrogen and oxygen atoms in total. The molecule has 0 saturated heterocycles. The summed E-state index contributed by atoms with van der Waals surface area (Å²) in [6.45, 7) is 1.78. The summed E-state index contributed by atoms with van der Waals surface area (Å²) in [7, 11) is -11.9. The largest absolute Gasteiger partial charge is 0.376 e. The molecule has 0 unspecified atom stereocenters. The normalized spacial score (nSPS) is 13.9. The number of rotatable bonds is 6. The molecule has 0 radical (unpaired) electrons. The standard InChI is InChI=1S/C27H20FNO6S2.C7H5NO3S/c1-17-7-12-22(13-8-17)37(33,34)35-27-23-14-11-21(28)16-24(23)36(31,32)29(2)25(27)26(30)20-10-9-18-5-3-4-6-19(18)15-20;8-5-6-1-3-7(4-2-6)12(9,10)11/h3-16H,1-2H3;1-4H,(H,9,10,11). The van der Waals surface area contributed by atoms with Crippen LogP contribution in [0, 0.1) is 24.1 Å². The van der Waals surface area contributed by atoms with E-state index in [2.05, 4.69) is 0 Å². The number of nitrogens with zero attached hydrogens (tertiary/aromatic N) is 2. The number of fused-ring (bicyclic) bond motifs is 2. The lowest BCUT2D eigenvalue weighted by Gasteiger charge is -2.30. The second kappa shape index (κ2) is 13.2. The fourth-order valence-corrected chi connectivity index (χ4v) is 7.63. The summed E-state index contributed by atoms with van der Waals surface area (Å²) in [4.78, 5) is 12.9. The van der Waals surface area contributed by atoms with Crippen molar-refractivity contribution < 1.29 is 43.2 Å². The fraction of sp³-hybridized carbons (Fsp3) is 0.0588. The number of hydrogen-bond acceptors (Lipinski definition) is 9. The Balaban J connectivity index is 0.000000330. The zero-order valence-corrected chi connectivity index (χ0v) is 28.1. The van der Waals surface area contributed by atoms with Crippen molar-refractivity contribution in [2.75, 3.05) is 7.05 Å². The van der Waals surface area contributed by atoms with Gasteiger partial charge in [-0.3, -0.25) is 13.7 Å². The van der Waals surface area contributed by atoms with E-state index in [1.807, 2.05) is 18.2 Å². The quantitative estimate of drug-likeness (QED) is 0.130. The van der Waals surface area contributed by atoms with E-state index in [1.165, 1.54) is 42.5 Å². The van der Waals surface area contributed by atoms with E-state index in [1.54, 1.807) is 43.3 Å². The molecule has 0 amide bonds. The van der Waals surface area contributed by atoms with Gasteiger partial charge in [-0.05, 0) is 78.4 Å².